The van der Waals surface area contributed by atoms with E-state index in [1.165, 1.54) is 25.4 Å². The minimum absolute atomic E-state index is 0.00855. The van der Waals surface area contributed by atoms with E-state index >= 15 is 0 Å². The zero-order chi connectivity index (χ0) is 24.9. The largest absolute Gasteiger partial charge is 0.496 e. The Bertz CT molecular complexity index is 1230. The summed E-state index contributed by atoms with van der Waals surface area (Å²) in [5.41, 5.74) is 3.72. The summed E-state index contributed by atoms with van der Waals surface area (Å²) in [5.74, 6) is 0.0208. The van der Waals surface area contributed by atoms with Gasteiger partial charge < -0.3 is 14.8 Å². The van der Waals surface area contributed by atoms with Crippen molar-refractivity contribution in [2.75, 3.05) is 13.7 Å². The lowest BCUT2D eigenvalue weighted by molar-refractivity contribution is -0.119. The van der Waals surface area contributed by atoms with Crippen LogP contribution in [0.25, 0.3) is 11.1 Å². The van der Waals surface area contributed by atoms with Gasteiger partial charge in [-0.1, -0.05) is 32.0 Å². The van der Waals surface area contributed by atoms with Crippen LogP contribution < -0.4 is 10.3 Å². The maximum atomic E-state index is 14.7. The molecule has 1 aromatic carbocycles. The fourth-order valence-corrected chi connectivity index (χ4v) is 4.00. The van der Waals surface area contributed by atoms with Crippen LogP contribution in [0.3, 0.4) is 0 Å². The number of ketones is 1. The summed E-state index contributed by atoms with van der Waals surface area (Å²) in [6.45, 7) is 5.84. The Balaban J connectivity index is 1.59. The van der Waals surface area contributed by atoms with Gasteiger partial charge in [-0.2, -0.15) is 0 Å². The molecule has 6 nitrogen and oxygen atoms in total. The predicted octanol–water partition coefficient (Wildman–Crippen LogP) is 4.30. The summed E-state index contributed by atoms with van der Waals surface area (Å²) < 4.78 is 19.9. The summed E-state index contributed by atoms with van der Waals surface area (Å²) in [7, 11) is 1.45. The number of hydrogen-bond acceptors (Lipinski definition) is 5. The van der Waals surface area contributed by atoms with E-state index in [0.29, 0.717) is 41.7 Å². The van der Waals surface area contributed by atoms with Crippen LogP contribution in [0.4, 0.5) is 4.39 Å². The van der Waals surface area contributed by atoms with E-state index in [-0.39, 0.29) is 24.4 Å². The fourth-order valence-electron chi connectivity index (χ4n) is 4.00. The Morgan fingerprint density at radius 2 is 1.91 bits per heavy atom. The van der Waals surface area contributed by atoms with Crippen molar-refractivity contribution in [3.63, 3.8) is 0 Å². The number of Topliss-reactive ketones (excluding diaryl/α,β-unsaturated/α-hetero) is 1. The number of pyridine rings is 2. The number of methoxy groups -OCH3 is 1. The molecule has 0 spiro atoms. The van der Waals surface area contributed by atoms with Crippen LogP contribution in [0.2, 0.25) is 0 Å². The van der Waals surface area contributed by atoms with Gasteiger partial charge >= 0.3 is 0 Å². The molecule has 0 saturated heterocycles. The van der Waals surface area contributed by atoms with E-state index in [2.05, 4.69) is 9.97 Å². The molecule has 0 aliphatic heterocycles. The number of aliphatic hydroxyl groups excluding tert-OH is 1. The van der Waals surface area contributed by atoms with Gasteiger partial charge in [-0.15, -0.1) is 0 Å². The highest BCUT2D eigenvalue weighted by molar-refractivity contribution is 5.79. The van der Waals surface area contributed by atoms with E-state index in [4.69, 9.17) is 4.74 Å². The first-order chi connectivity index (χ1) is 16.1. The molecule has 0 atom stereocenters. The van der Waals surface area contributed by atoms with Crippen LogP contribution in [-0.4, -0.2) is 34.6 Å². The molecule has 0 fully saturated rings. The second-order valence-electron chi connectivity index (χ2n) is 9.18. The summed E-state index contributed by atoms with van der Waals surface area (Å²) in [5, 5.41) is 9.57. The van der Waals surface area contributed by atoms with Gasteiger partial charge in [0.1, 0.15) is 17.3 Å². The number of nitrogens with zero attached hydrogens (tertiary/aromatic N) is 1. The van der Waals surface area contributed by atoms with Crippen molar-refractivity contribution in [2.24, 2.45) is 0 Å². The Morgan fingerprint density at radius 1 is 1.18 bits per heavy atom. The van der Waals surface area contributed by atoms with E-state index in [1.54, 1.807) is 18.3 Å². The fraction of sp³-hybridized carbons (Fsp3) is 0.370. The molecule has 0 radical (unpaired) electrons. The molecule has 2 aromatic heterocycles. The molecular formula is C27H31FN2O4. The molecule has 3 rings (SSSR count). The van der Waals surface area contributed by atoms with Crippen molar-refractivity contribution >= 4 is 5.78 Å². The molecule has 0 saturated carbocycles. The SMILES string of the molecule is COc1cc(=O)[nH]cc1-c1ccc(CCC(=O)CCc2cnc(C(C)(C)CO)c(C)c2)c(F)c1. The first kappa shape index (κ1) is 25.3. The van der Waals surface area contributed by atoms with Crippen molar-refractivity contribution in [1.29, 1.82) is 0 Å². The van der Waals surface area contributed by atoms with Crippen LogP contribution in [0, 0.1) is 12.7 Å². The molecule has 2 N–H and O–H groups in total. The second-order valence-corrected chi connectivity index (χ2v) is 9.18. The number of aromatic nitrogens is 2. The van der Waals surface area contributed by atoms with Crippen molar-refractivity contribution in [1.82, 2.24) is 9.97 Å². The highest BCUT2D eigenvalue weighted by Gasteiger charge is 2.23. The van der Waals surface area contributed by atoms with Crippen LogP contribution in [-0.2, 0) is 23.1 Å². The van der Waals surface area contributed by atoms with Gasteiger partial charge in [-0.3, -0.25) is 14.6 Å². The summed E-state index contributed by atoms with van der Waals surface area (Å²) in [6.07, 6.45) is 4.75. The molecular weight excluding hydrogens is 435 g/mol. The second kappa shape index (κ2) is 10.7. The summed E-state index contributed by atoms with van der Waals surface area (Å²) in [6, 6.07) is 8.13. The summed E-state index contributed by atoms with van der Waals surface area (Å²) in [4.78, 5) is 31.0. The maximum Gasteiger partial charge on any atom is 0.251 e. The molecule has 180 valence electrons. The lowest BCUT2D eigenvalue weighted by atomic mass is 9.86. The number of aryl methyl sites for hydroxylation is 3. The molecule has 3 aromatic rings. The number of carbonyl (C=O) groups excluding carboxylic acids is 1. The number of hydrogen-bond donors (Lipinski definition) is 2. The van der Waals surface area contributed by atoms with Gasteiger partial charge in [0.05, 0.1) is 19.4 Å². The minimum atomic E-state index is -0.416. The molecule has 0 aliphatic carbocycles. The smallest absolute Gasteiger partial charge is 0.251 e. The van der Waals surface area contributed by atoms with Gasteiger partial charge in [0.2, 0.25) is 0 Å². The quantitative estimate of drug-likeness (QED) is 0.465. The average molecular weight is 467 g/mol. The molecule has 0 amide bonds. The molecule has 0 aliphatic rings. The number of nitrogens with one attached hydrogen (secondary N) is 1. The van der Waals surface area contributed by atoms with Crippen molar-refractivity contribution in [3.05, 3.63) is 81.3 Å². The van der Waals surface area contributed by atoms with Gasteiger partial charge in [-0.05, 0) is 48.1 Å². The third-order valence-electron chi connectivity index (χ3n) is 6.01. The number of aromatic amines is 1. The first-order valence-electron chi connectivity index (χ1n) is 11.3. The van der Waals surface area contributed by atoms with Crippen molar-refractivity contribution in [3.8, 4) is 16.9 Å². The van der Waals surface area contributed by atoms with Crippen LogP contribution in [0.1, 0.15) is 49.1 Å². The minimum Gasteiger partial charge on any atom is -0.496 e. The molecule has 0 bridgehead atoms. The lowest BCUT2D eigenvalue weighted by Crippen LogP contribution is -2.25. The number of carbonyl (C=O) groups is 1. The normalized spacial score (nSPS) is 11.5. The Labute approximate surface area is 198 Å². The van der Waals surface area contributed by atoms with Crippen LogP contribution >= 0.6 is 0 Å². The molecule has 2 heterocycles. The van der Waals surface area contributed by atoms with E-state index in [0.717, 1.165) is 16.8 Å². The van der Waals surface area contributed by atoms with Gasteiger partial charge in [-0.25, -0.2) is 4.39 Å². The zero-order valence-electron chi connectivity index (χ0n) is 20.1. The molecule has 0 unspecified atom stereocenters. The monoisotopic (exact) mass is 466 g/mol. The van der Waals surface area contributed by atoms with Gasteiger partial charge in [0.15, 0.2) is 0 Å². The number of rotatable bonds is 10. The third kappa shape index (κ3) is 5.97. The van der Waals surface area contributed by atoms with Crippen LogP contribution in [0.15, 0.2) is 47.5 Å². The van der Waals surface area contributed by atoms with E-state index in [1.807, 2.05) is 26.8 Å². The lowest BCUT2D eigenvalue weighted by Gasteiger charge is -2.23. The highest BCUT2D eigenvalue weighted by atomic mass is 19.1. The van der Waals surface area contributed by atoms with E-state index < -0.39 is 11.2 Å². The summed E-state index contributed by atoms with van der Waals surface area (Å²) >= 11 is 0. The third-order valence-corrected chi connectivity index (χ3v) is 6.01. The number of benzene rings is 1. The highest BCUT2D eigenvalue weighted by Crippen LogP contribution is 2.29. The Kier molecular flexibility index (Phi) is 7.99. The molecule has 34 heavy (non-hydrogen) atoms. The Morgan fingerprint density at radius 3 is 2.56 bits per heavy atom. The number of ether oxygens (including phenoxy) is 1. The number of H-pyrrole nitrogens is 1. The van der Waals surface area contributed by atoms with Gasteiger partial charge in [0, 0.05) is 42.3 Å². The van der Waals surface area contributed by atoms with Crippen molar-refractivity contribution in [2.45, 2.75) is 51.9 Å². The van der Waals surface area contributed by atoms with Crippen molar-refractivity contribution < 1.29 is 19.0 Å². The standard InChI is InChI=1S/C27H31FN2O4/c1-17-11-18(14-30-26(17)27(2,3)16-31)5-9-21(32)10-8-19-6-7-20(12-23(19)28)22-15-29-25(33)13-24(22)34-4/h6-7,11-15,31H,5,8-10,16H2,1-4H3,(H,29,33). The van der Waals surface area contributed by atoms with E-state index in [9.17, 15) is 19.1 Å². The molecule has 7 heteroatoms. The number of halogens is 1. The van der Waals surface area contributed by atoms with Gasteiger partial charge in [0.25, 0.3) is 5.56 Å². The Hall–Kier alpha value is -3.32. The zero-order valence-corrected chi connectivity index (χ0v) is 20.1. The number of aliphatic hydroxyl groups is 1. The average Bonchev–Trinajstić information content (AvgIpc) is 2.81. The maximum absolute atomic E-state index is 14.7. The first-order valence-corrected chi connectivity index (χ1v) is 11.3. The van der Waals surface area contributed by atoms with Crippen LogP contribution in [0.5, 0.6) is 5.75 Å². The topological polar surface area (TPSA) is 92.3 Å². The predicted molar refractivity (Wildman–Crippen MR) is 130 cm³/mol.